The Morgan fingerprint density at radius 3 is 2.63 bits per heavy atom. The molecule has 160 valence electrons. The van der Waals surface area contributed by atoms with E-state index >= 15 is 0 Å². The smallest absolute Gasteiger partial charge is 0.264 e. The van der Waals surface area contributed by atoms with Crippen LogP contribution in [0.25, 0.3) is 0 Å². The molecule has 0 spiro atoms. The lowest BCUT2D eigenvalue weighted by molar-refractivity contribution is 0.241. The van der Waals surface area contributed by atoms with Gasteiger partial charge in [-0.3, -0.25) is 4.68 Å². The van der Waals surface area contributed by atoms with Crippen molar-refractivity contribution in [3.63, 3.8) is 0 Å². The van der Waals surface area contributed by atoms with Crippen LogP contribution in [0.15, 0.2) is 46.1 Å². The van der Waals surface area contributed by atoms with Crippen LogP contribution in [0.1, 0.15) is 37.4 Å². The predicted molar refractivity (Wildman–Crippen MR) is 104 cm³/mol. The first-order valence-corrected chi connectivity index (χ1v) is 11.1. The molecule has 0 radical (unpaired) electrons. The van der Waals surface area contributed by atoms with E-state index in [1.807, 2.05) is 6.92 Å². The van der Waals surface area contributed by atoms with Crippen LogP contribution in [0.2, 0.25) is 0 Å². The number of benzene rings is 1. The van der Waals surface area contributed by atoms with Crippen LogP contribution >= 0.6 is 0 Å². The van der Waals surface area contributed by atoms with E-state index in [0.29, 0.717) is 49.9 Å². The van der Waals surface area contributed by atoms with Gasteiger partial charge in [-0.05, 0) is 44.0 Å². The van der Waals surface area contributed by atoms with Gasteiger partial charge in [0.05, 0.1) is 6.20 Å². The van der Waals surface area contributed by atoms with Crippen molar-refractivity contribution < 1.29 is 22.1 Å². The first-order valence-electron chi connectivity index (χ1n) is 9.69. The van der Waals surface area contributed by atoms with E-state index in [4.69, 9.17) is 9.26 Å². The summed E-state index contributed by atoms with van der Waals surface area (Å²) in [6.45, 7) is 3.34. The predicted octanol–water partition coefficient (Wildman–Crippen LogP) is 2.57. The largest absolute Gasteiger partial charge is 0.484 e. The van der Waals surface area contributed by atoms with Gasteiger partial charge in [-0.25, -0.2) is 12.8 Å². The molecule has 3 heterocycles. The molecule has 30 heavy (non-hydrogen) atoms. The molecule has 0 atom stereocenters. The molecule has 11 heteroatoms. The highest BCUT2D eigenvalue weighted by molar-refractivity contribution is 7.89. The molecule has 3 aromatic rings. The maximum Gasteiger partial charge on any atom is 0.264 e. The van der Waals surface area contributed by atoms with Crippen molar-refractivity contribution in [3.8, 4) is 5.75 Å². The van der Waals surface area contributed by atoms with Gasteiger partial charge < -0.3 is 9.26 Å². The van der Waals surface area contributed by atoms with E-state index in [9.17, 15) is 12.8 Å². The minimum absolute atomic E-state index is 0.0122. The molecule has 0 aliphatic carbocycles. The minimum atomic E-state index is -3.55. The second-order valence-electron chi connectivity index (χ2n) is 7.00. The van der Waals surface area contributed by atoms with E-state index in [1.54, 1.807) is 10.9 Å². The molecule has 0 bridgehead atoms. The molecular formula is C19H22FN5O4S. The second kappa shape index (κ2) is 8.52. The van der Waals surface area contributed by atoms with Gasteiger partial charge in [-0.1, -0.05) is 5.16 Å². The van der Waals surface area contributed by atoms with Crippen molar-refractivity contribution in [1.29, 1.82) is 0 Å². The molecule has 1 aliphatic rings. The lowest BCUT2D eigenvalue weighted by atomic mass is 9.98. The van der Waals surface area contributed by atoms with Crippen LogP contribution in [0, 0.1) is 5.82 Å². The Hall–Kier alpha value is -2.79. The van der Waals surface area contributed by atoms with Crippen molar-refractivity contribution in [1.82, 2.24) is 24.2 Å². The highest BCUT2D eigenvalue weighted by Crippen LogP contribution is 2.29. The van der Waals surface area contributed by atoms with E-state index in [-0.39, 0.29) is 23.2 Å². The summed E-state index contributed by atoms with van der Waals surface area (Å²) >= 11 is 0. The Kier molecular flexibility index (Phi) is 5.82. The Labute approximate surface area is 173 Å². The molecule has 0 unspecified atom stereocenters. The molecule has 9 nitrogen and oxygen atoms in total. The average Bonchev–Trinajstić information content (AvgIpc) is 3.43. The van der Waals surface area contributed by atoms with Crippen molar-refractivity contribution in [3.05, 3.63) is 54.2 Å². The Balaban J connectivity index is 1.33. The number of ether oxygens (including phenoxy) is 1. The number of hydrogen-bond donors (Lipinski definition) is 0. The monoisotopic (exact) mass is 435 g/mol. The lowest BCUT2D eigenvalue weighted by Crippen LogP contribution is -2.38. The van der Waals surface area contributed by atoms with Gasteiger partial charge in [0.1, 0.15) is 16.5 Å². The van der Waals surface area contributed by atoms with Gasteiger partial charge in [0.2, 0.25) is 10.0 Å². The molecule has 1 aromatic carbocycles. The normalized spacial score (nSPS) is 16.1. The number of sulfonamides is 1. The summed E-state index contributed by atoms with van der Waals surface area (Å²) < 4.78 is 52.3. The van der Waals surface area contributed by atoms with Gasteiger partial charge in [-0.15, -0.1) is 0 Å². The summed E-state index contributed by atoms with van der Waals surface area (Å²) in [4.78, 5) is 4.58. The third kappa shape index (κ3) is 4.36. The van der Waals surface area contributed by atoms with Gasteiger partial charge in [0.25, 0.3) is 5.89 Å². The lowest BCUT2D eigenvalue weighted by Gasteiger charge is -2.29. The first kappa shape index (κ1) is 20.5. The maximum absolute atomic E-state index is 12.9. The zero-order valence-electron chi connectivity index (χ0n) is 16.4. The average molecular weight is 435 g/mol. The third-order valence-corrected chi connectivity index (χ3v) is 6.90. The van der Waals surface area contributed by atoms with Gasteiger partial charge in [0.15, 0.2) is 12.4 Å². The van der Waals surface area contributed by atoms with Crippen LogP contribution in [0.4, 0.5) is 4.39 Å². The summed E-state index contributed by atoms with van der Waals surface area (Å²) in [5, 5.41) is 8.07. The molecular weight excluding hydrogens is 413 g/mol. The van der Waals surface area contributed by atoms with Gasteiger partial charge in [0, 0.05) is 31.7 Å². The third-order valence-electron chi connectivity index (χ3n) is 5.05. The fourth-order valence-corrected chi connectivity index (χ4v) is 4.75. The zero-order chi connectivity index (χ0) is 21.1. The van der Waals surface area contributed by atoms with Crippen LogP contribution in [-0.4, -0.2) is 45.7 Å². The molecule has 0 N–H and O–H groups in total. The molecule has 4 rings (SSSR count). The molecule has 1 aliphatic heterocycles. The number of nitrogens with zero attached hydrogens (tertiary/aromatic N) is 5. The highest BCUT2D eigenvalue weighted by Gasteiger charge is 2.32. The summed E-state index contributed by atoms with van der Waals surface area (Å²) in [5.41, 5.74) is 0. The van der Waals surface area contributed by atoms with Crippen LogP contribution in [-0.2, 0) is 23.2 Å². The van der Waals surface area contributed by atoms with Crippen LogP contribution < -0.4 is 4.74 Å². The van der Waals surface area contributed by atoms with Crippen molar-refractivity contribution in [2.24, 2.45) is 0 Å². The Morgan fingerprint density at radius 1 is 1.23 bits per heavy atom. The molecule has 0 saturated carbocycles. The van der Waals surface area contributed by atoms with E-state index in [1.165, 1.54) is 34.8 Å². The van der Waals surface area contributed by atoms with Crippen molar-refractivity contribution >= 4 is 10.0 Å². The summed E-state index contributed by atoms with van der Waals surface area (Å²) in [7, 11) is -3.55. The number of aryl methyl sites for hydroxylation is 1. The summed E-state index contributed by atoms with van der Waals surface area (Å²) in [6, 6.07) is 5.66. The van der Waals surface area contributed by atoms with Crippen molar-refractivity contribution in [2.45, 2.75) is 43.7 Å². The van der Waals surface area contributed by atoms with E-state index in [2.05, 4.69) is 15.2 Å². The van der Waals surface area contributed by atoms with Crippen molar-refractivity contribution in [2.75, 3.05) is 13.1 Å². The fourth-order valence-electron chi connectivity index (χ4n) is 3.32. The molecule has 1 fully saturated rings. The SMILES string of the molecule is CCn1cc(S(=O)(=O)N2CCC(c3noc(COc4ccc(F)cc4)n3)CC2)cn1. The Bertz CT molecular complexity index is 1090. The topological polar surface area (TPSA) is 103 Å². The second-order valence-corrected chi connectivity index (χ2v) is 8.94. The van der Waals surface area contributed by atoms with E-state index in [0.717, 1.165) is 0 Å². The molecule has 2 aromatic heterocycles. The minimum Gasteiger partial charge on any atom is -0.484 e. The number of halogens is 1. The number of aromatic nitrogens is 4. The Morgan fingerprint density at radius 2 is 1.97 bits per heavy atom. The van der Waals surface area contributed by atoms with Crippen LogP contribution in [0.3, 0.4) is 0 Å². The van der Waals surface area contributed by atoms with Crippen LogP contribution in [0.5, 0.6) is 5.75 Å². The standard InChI is InChI=1S/C19H22FN5O4S/c1-2-24-12-17(11-21-24)30(26,27)25-9-7-14(8-10-25)19-22-18(29-23-19)13-28-16-5-3-15(20)4-6-16/h3-6,11-12,14H,2,7-10,13H2,1H3. The number of hydrogen-bond acceptors (Lipinski definition) is 7. The fraction of sp³-hybridized carbons (Fsp3) is 0.421. The van der Waals surface area contributed by atoms with Gasteiger partial charge in [-0.2, -0.15) is 14.4 Å². The summed E-state index contributed by atoms with van der Waals surface area (Å²) in [5.74, 6) is 1.04. The van der Waals surface area contributed by atoms with Gasteiger partial charge >= 0.3 is 0 Å². The number of piperidine rings is 1. The van der Waals surface area contributed by atoms with E-state index < -0.39 is 10.0 Å². The highest BCUT2D eigenvalue weighted by atomic mass is 32.2. The molecule has 1 saturated heterocycles. The summed E-state index contributed by atoms with van der Waals surface area (Å²) in [6.07, 6.45) is 4.13. The maximum atomic E-state index is 12.9. The zero-order valence-corrected chi connectivity index (χ0v) is 17.3. The quantitative estimate of drug-likeness (QED) is 0.562. The first-order chi connectivity index (χ1) is 14.5. The molecule has 0 amide bonds. The number of rotatable bonds is 7.